The highest BCUT2D eigenvalue weighted by Gasteiger charge is 2.15. The van der Waals surface area contributed by atoms with E-state index in [1.807, 2.05) is 61.0 Å². The SMILES string of the molecule is CC(C)c1nc(/C=C/c2ccnn2-c2ccccc2)ncc1C(=O)O. The first-order valence-electron chi connectivity index (χ1n) is 7.94. The van der Waals surface area contributed by atoms with Gasteiger partial charge in [0.2, 0.25) is 0 Å². The van der Waals surface area contributed by atoms with Crippen molar-refractivity contribution >= 4 is 18.1 Å². The third kappa shape index (κ3) is 3.63. The van der Waals surface area contributed by atoms with Crippen LogP contribution in [0, 0.1) is 0 Å². The van der Waals surface area contributed by atoms with Gasteiger partial charge >= 0.3 is 5.97 Å². The maximum absolute atomic E-state index is 11.3. The summed E-state index contributed by atoms with van der Waals surface area (Å²) in [4.78, 5) is 19.8. The topological polar surface area (TPSA) is 80.9 Å². The summed E-state index contributed by atoms with van der Waals surface area (Å²) < 4.78 is 1.81. The number of rotatable bonds is 5. The van der Waals surface area contributed by atoms with Crippen LogP contribution in [0.1, 0.15) is 47.3 Å². The molecule has 6 heteroatoms. The summed E-state index contributed by atoms with van der Waals surface area (Å²) in [5.41, 5.74) is 2.50. The molecule has 0 radical (unpaired) electrons. The minimum absolute atomic E-state index is 0.00361. The number of benzene rings is 1. The van der Waals surface area contributed by atoms with E-state index >= 15 is 0 Å². The number of hydrogen-bond donors (Lipinski definition) is 1. The summed E-state index contributed by atoms with van der Waals surface area (Å²) in [6.07, 6.45) is 6.70. The minimum Gasteiger partial charge on any atom is -0.478 e. The molecule has 6 nitrogen and oxygen atoms in total. The van der Waals surface area contributed by atoms with Crippen molar-refractivity contribution in [2.75, 3.05) is 0 Å². The second-order valence-corrected chi connectivity index (χ2v) is 5.82. The Kier molecular flexibility index (Phi) is 4.70. The highest BCUT2D eigenvalue weighted by Crippen LogP contribution is 2.18. The highest BCUT2D eigenvalue weighted by molar-refractivity contribution is 5.88. The molecule has 3 aromatic rings. The Morgan fingerprint density at radius 2 is 1.92 bits per heavy atom. The molecule has 1 aromatic carbocycles. The number of hydrogen-bond acceptors (Lipinski definition) is 4. The van der Waals surface area contributed by atoms with E-state index in [0.717, 1.165) is 11.4 Å². The summed E-state index contributed by atoms with van der Waals surface area (Å²) in [5, 5.41) is 13.6. The zero-order valence-corrected chi connectivity index (χ0v) is 14.0. The van der Waals surface area contributed by atoms with Crippen LogP contribution in [0.3, 0.4) is 0 Å². The van der Waals surface area contributed by atoms with E-state index < -0.39 is 5.97 Å². The molecule has 0 aliphatic carbocycles. The van der Waals surface area contributed by atoms with E-state index in [0.29, 0.717) is 11.5 Å². The van der Waals surface area contributed by atoms with Gasteiger partial charge in [-0.25, -0.2) is 19.4 Å². The Hall–Kier alpha value is -3.28. The molecule has 0 unspecified atom stereocenters. The van der Waals surface area contributed by atoms with Crippen molar-refractivity contribution in [2.24, 2.45) is 0 Å². The molecule has 2 heterocycles. The van der Waals surface area contributed by atoms with Gasteiger partial charge in [-0.3, -0.25) is 0 Å². The van der Waals surface area contributed by atoms with Crippen LogP contribution in [-0.4, -0.2) is 30.8 Å². The third-order valence-electron chi connectivity index (χ3n) is 3.69. The Morgan fingerprint density at radius 3 is 2.60 bits per heavy atom. The molecule has 0 spiro atoms. The van der Waals surface area contributed by atoms with Gasteiger partial charge in [-0.1, -0.05) is 32.0 Å². The molecule has 2 aromatic heterocycles. The summed E-state index contributed by atoms with van der Waals surface area (Å²) in [6, 6.07) is 11.7. The molecule has 0 saturated heterocycles. The van der Waals surface area contributed by atoms with E-state index in [1.165, 1.54) is 6.20 Å². The molecule has 1 N–H and O–H groups in total. The normalized spacial score (nSPS) is 11.3. The first-order chi connectivity index (χ1) is 12.1. The molecule has 0 atom stereocenters. The molecule has 0 aliphatic heterocycles. The lowest BCUT2D eigenvalue weighted by atomic mass is 10.1. The first-order valence-corrected chi connectivity index (χ1v) is 7.94. The Morgan fingerprint density at radius 1 is 1.16 bits per heavy atom. The molecule has 0 fully saturated rings. The number of carboxylic acids is 1. The molecule has 0 bridgehead atoms. The van der Waals surface area contributed by atoms with Gasteiger partial charge in [0.15, 0.2) is 5.82 Å². The fourth-order valence-corrected chi connectivity index (χ4v) is 2.48. The third-order valence-corrected chi connectivity index (χ3v) is 3.69. The van der Waals surface area contributed by atoms with Crippen LogP contribution >= 0.6 is 0 Å². The maximum atomic E-state index is 11.3. The van der Waals surface area contributed by atoms with Gasteiger partial charge in [-0.15, -0.1) is 0 Å². The van der Waals surface area contributed by atoms with E-state index in [1.54, 1.807) is 12.3 Å². The van der Waals surface area contributed by atoms with Gasteiger partial charge in [-0.05, 0) is 36.3 Å². The molecule has 25 heavy (non-hydrogen) atoms. The van der Waals surface area contributed by atoms with Gasteiger partial charge in [0.25, 0.3) is 0 Å². The number of carboxylic acid groups (broad SMARTS) is 1. The van der Waals surface area contributed by atoms with E-state index in [2.05, 4.69) is 15.1 Å². The molecular weight excluding hydrogens is 316 g/mol. The predicted molar refractivity (Wildman–Crippen MR) is 95.6 cm³/mol. The van der Waals surface area contributed by atoms with Crippen molar-refractivity contribution < 1.29 is 9.90 Å². The molecule has 0 saturated carbocycles. The summed E-state index contributed by atoms with van der Waals surface area (Å²) in [7, 11) is 0. The Bertz CT molecular complexity index is 914. The lowest BCUT2D eigenvalue weighted by molar-refractivity contribution is 0.0694. The molecule has 0 aliphatic rings. The standard InChI is InChI=1S/C19H18N4O2/c1-13(2)18-16(19(24)25)12-20-17(22-18)9-8-15-10-11-21-23(15)14-6-4-3-5-7-14/h3-13H,1-2H3,(H,24,25)/b9-8+. The number of para-hydroxylation sites is 1. The minimum atomic E-state index is -1.01. The fourth-order valence-electron chi connectivity index (χ4n) is 2.48. The number of aromatic nitrogens is 4. The van der Waals surface area contributed by atoms with Crippen LogP contribution in [-0.2, 0) is 0 Å². The number of carbonyl (C=O) groups is 1. The molecule has 0 amide bonds. The summed E-state index contributed by atoms with van der Waals surface area (Å²) >= 11 is 0. The van der Waals surface area contributed by atoms with Crippen LogP contribution in [0.2, 0.25) is 0 Å². The van der Waals surface area contributed by atoms with E-state index in [-0.39, 0.29) is 11.5 Å². The van der Waals surface area contributed by atoms with E-state index in [4.69, 9.17) is 0 Å². The number of aromatic carboxylic acids is 1. The maximum Gasteiger partial charge on any atom is 0.339 e. The van der Waals surface area contributed by atoms with Crippen molar-refractivity contribution in [3.8, 4) is 5.69 Å². The van der Waals surface area contributed by atoms with Gasteiger partial charge in [0.05, 0.1) is 28.8 Å². The first kappa shape index (κ1) is 16.6. The average Bonchev–Trinajstić information content (AvgIpc) is 3.09. The molecule has 126 valence electrons. The van der Waals surface area contributed by atoms with Crippen LogP contribution in [0.4, 0.5) is 0 Å². The zero-order chi connectivity index (χ0) is 17.8. The molecular formula is C19H18N4O2. The monoisotopic (exact) mass is 334 g/mol. The Balaban J connectivity index is 1.92. The van der Waals surface area contributed by atoms with Gasteiger partial charge in [-0.2, -0.15) is 5.10 Å². The molecule has 3 rings (SSSR count). The van der Waals surface area contributed by atoms with Crippen LogP contribution in [0.5, 0.6) is 0 Å². The predicted octanol–water partition coefficient (Wildman–Crippen LogP) is 3.65. The van der Waals surface area contributed by atoms with Crippen LogP contribution in [0.25, 0.3) is 17.8 Å². The highest BCUT2D eigenvalue weighted by atomic mass is 16.4. The second kappa shape index (κ2) is 7.09. The fraction of sp³-hybridized carbons (Fsp3) is 0.158. The van der Waals surface area contributed by atoms with Crippen molar-refractivity contribution in [2.45, 2.75) is 19.8 Å². The van der Waals surface area contributed by atoms with E-state index in [9.17, 15) is 9.90 Å². The lowest BCUT2D eigenvalue weighted by Crippen LogP contribution is -2.08. The van der Waals surface area contributed by atoms with Crippen molar-refractivity contribution in [1.82, 2.24) is 19.7 Å². The van der Waals surface area contributed by atoms with Crippen LogP contribution < -0.4 is 0 Å². The van der Waals surface area contributed by atoms with Gasteiger partial charge in [0, 0.05) is 6.20 Å². The summed E-state index contributed by atoms with van der Waals surface area (Å²) in [5.74, 6) is -0.549. The van der Waals surface area contributed by atoms with Gasteiger partial charge < -0.3 is 5.11 Å². The lowest BCUT2D eigenvalue weighted by Gasteiger charge is -2.08. The largest absolute Gasteiger partial charge is 0.478 e. The summed E-state index contributed by atoms with van der Waals surface area (Å²) in [6.45, 7) is 3.82. The van der Waals surface area contributed by atoms with Crippen molar-refractivity contribution in [3.63, 3.8) is 0 Å². The smallest absolute Gasteiger partial charge is 0.339 e. The number of nitrogens with zero attached hydrogens (tertiary/aromatic N) is 4. The van der Waals surface area contributed by atoms with Gasteiger partial charge in [0.1, 0.15) is 0 Å². The van der Waals surface area contributed by atoms with Crippen LogP contribution in [0.15, 0.2) is 48.8 Å². The van der Waals surface area contributed by atoms with Crippen molar-refractivity contribution in [1.29, 1.82) is 0 Å². The zero-order valence-electron chi connectivity index (χ0n) is 14.0. The second-order valence-electron chi connectivity index (χ2n) is 5.82. The van der Waals surface area contributed by atoms with Crippen molar-refractivity contribution in [3.05, 3.63) is 71.6 Å². The Labute approximate surface area is 145 Å². The quantitative estimate of drug-likeness (QED) is 0.770. The average molecular weight is 334 g/mol.